The second-order valence-corrected chi connectivity index (χ2v) is 8.28. The highest BCUT2D eigenvalue weighted by Crippen LogP contribution is 2.23. The normalized spacial score (nSPS) is 15.0. The topological polar surface area (TPSA) is 89.3 Å². The van der Waals surface area contributed by atoms with Gasteiger partial charge in [-0.15, -0.1) is 0 Å². The largest absolute Gasteiger partial charge is 0.399 e. The third kappa shape index (κ3) is 4.57. The minimum atomic E-state index is -3.59. The molecule has 1 aromatic rings. The van der Waals surface area contributed by atoms with Crippen molar-refractivity contribution in [3.8, 4) is 0 Å². The van der Waals surface area contributed by atoms with Crippen molar-refractivity contribution < 1.29 is 12.6 Å². The zero-order valence-electron chi connectivity index (χ0n) is 12.3. The lowest BCUT2D eigenvalue weighted by molar-refractivity contribution is 0.554. The van der Waals surface area contributed by atoms with Crippen molar-refractivity contribution >= 4 is 26.5 Å². The average molecular weight is 318 g/mol. The molecule has 0 aliphatic heterocycles. The molecule has 0 spiro atoms. The first-order valence-corrected chi connectivity index (χ1v) is 9.53. The fourth-order valence-corrected chi connectivity index (χ4v) is 4.55. The van der Waals surface area contributed by atoms with Crippen LogP contribution in [0.5, 0.6) is 0 Å². The van der Waals surface area contributed by atoms with Crippen molar-refractivity contribution in [1.82, 2.24) is 4.72 Å². The highest BCUT2D eigenvalue weighted by Gasteiger charge is 2.22. The first-order chi connectivity index (χ1) is 9.13. The predicted octanol–water partition coefficient (Wildman–Crippen LogP) is 1.32. The van der Waals surface area contributed by atoms with Gasteiger partial charge in [0.2, 0.25) is 10.0 Å². The predicted molar refractivity (Wildman–Crippen MR) is 83.7 cm³/mol. The Hall–Kier alpha value is -0.920. The monoisotopic (exact) mass is 318 g/mol. The number of nitrogens with two attached hydrogens (primary N) is 1. The maximum absolute atomic E-state index is 12.4. The third-order valence-corrected chi connectivity index (χ3v) is 5.65. The lowest BCUT2D eigenvalue weighted by Crippen LogP contribution is -2.34. The standard InChI is InChI=1S/C13H22N2O3S2/c1-9-7-12(14)8-10(2)13(9)20(17,18)15-11(3)5-6-19(4)16/h7-8,11,15H,5-6,14H2,1-4H3. The Morgan fingerprint density at radius 1 is 1.30 bits per heavy atom. The zero-order chi connectivity index (χ0) is 15.5. The van der Waals surface area contributed by atoms with Crippen LogP contribution in [-0.2, 0) is 20.8 Å². The van der Waals surface area contributed by atoms with Gasteiger partial charge in [-0.25, -0.2) is 13.1 Å². The van der Waals surface area contributed by atoms with Crippen molar-refractivity contribution in [2.75, 3.05) is 17.7 Å². The fourth-order valence-electron chi connectivity index (χ4n) is 2.13. The lowest BCUT2D eigenvalue weighted by Gasteiger charge is -2.17. The second-order valence-electron chi connectivity index (χ2n) is 5.07. The lowest BCUT2D eigenvalue weighted by atomic mass is 10.1. The molecule has 0 radical (unpaired) electrons. The fraction of sp³-hybridized carbons (Fsp3) is 0.538. The molecule has 3 N–H and O–H groups in total. The Kier molecular flexibility index (Phi) is 5.73. The summed E-state index contributed by atoms with van der Waals surface area (Å²) in [6.45, 7) is 5.22. The van der Waals surface area contributed by atoms with Crippen LogP contribution in [0.1, 0.15) is 24.5 Å². The van der Waals surface area contributed by atoms with Crippen molar-refractivity contribution in [3.05, 3.63) is 23.3 Å². The van der Waals surface area contributed by atoms with Crippen LogP contribution in [0.25, 0.3) is 0 Å². The van der Waals surface area contributed by atoms with Crippen molar-refractivity contribution in [3.63, 3.8) is 0 Å². The van der Waals surface area contributed by atoms with E-state index >= 15 is 0 Å². The number of aryl methyl sites for hydroxylation is 2. The maximum atomic E-state index is 12.4. The summed E-state index contributed by atoms with van der Waals surface area (Å²) in [4.78, 5) is 0.274. The van der Waals surface area contributed by atoms with E-state index in [0.717, 1.165) is 0 Å². The van der Waals surface area contributed by atoms with E-state index in [-0.39, 0.29) is 10.9 Å². The molecule has 0 saturated carbocycles. The number of nitrogen functional groups attached to an aromatic ring is 1. The van der Waals surface area contributed by atoms with Gasteiger partial charge in [-0.1, -0.05) is 0 Å². The van der Waals surface area contributed by atoms with Crippen LogP contribution in [-0.4, -0.2) is 30.7 Å². The van der Waals surface area contributed by atoms with Gasteiger partial charge in [0.25, 0.3) is 0 Å². The molecule has 114 valence electrons. The van der Waals surface area contributed by atoms with E-state index < -0.39 is 20.8 Å². The van der Waals surface area contributed by atoms with Crippen molar-refractivity contribution in [2.24, 2.45) is 0 Å². The van der Waals surface area contributed by atoms with Crippen LogP contribution in [0.2, 0.25) is 0 Å². The molecule has 1 rings (SSSR count). The third-order valence-electron chi connectivity index (χ3n) is 2.95. The Morgan fingerprint density at radius 3 is 2.25 bits per heavy atom. The number of nitrogens with one attached hydrogen (secondary N) is 1. The van der Waals surface area contributed by atoms with E-state index in [9.17, 15) is 12.6 Å². The van der Waals surface area contributed by atoms with Gasteiger partial charge in [0.1, 0.15) is 0 Å². The molecule has 7 heteroatoms. The minimum Gasteiger partial charge on any atom is -0.399 e. The number of hydrogen-bond donors (Lipinski definition) is 2. The number of hydrogen-bond acceptors (Lipinski definition) is 4. The molecule has 1 aromatic carbocycles. The van der Waals surface area contributed by atoms with E-state index in [0.29, 0.717) is 29.0 Å². The second kappa shape index (κ2) is 6.69. The van der Waals surface area contributed by atoms with Crippen molar-refractivity contribution in [1.29, 1.82) is 0 Å². The summed E-state index contributed by atoms with van der Waals surface area (Å²) in [7, 11) is -4.51. The average Bonchev–Trinajstić information content (AvgIpc) is 2.23. The summed E-state index contributed by atoms with van der Waals surface area (Å²) < 4.78 is 38.5. The summed E-state index contributed by atoms with van der Waals surface area (Å²) in [6.07, 6.45) is 2.14. The highest BCUT2D eigenvalue weighted by atomic mass is 32.2. The first-order valence-electron chi connectivity index (χ1n) is 6.32. The number of rotatable bonds is 6. The quantitative estimate of drug-likeness (QED) is 0.774. The van der Waals surface area contributed by atoms with E-state index in [1.807, 2.05) is 0 Å². The van der Waals surface area contributed by atoms with E-state index in [1.54, 1.807) is 39.2 Å². The van der Waals surface area contributed by atoms with Crippen LogP contribution in [0.3, 0.4) is 0 Å². The van der Waals surface area contributed by atoms with Gasteiger partial charge in [-0.05, 0) is 50.5 Å². The summed E-state index contributed by atoms with van der Waals surface area (Å²) in [5, 5.41) is 0. The van der Waals surface area contributed by atoms with Gasteiger partial charge >= 0.3 is 0 Å². The van der Waals surface area contributed by atoms with Gasteiger partial charge in [-0.2, -0.15) is 0 Å². The van der Waals surface area contributed by atoms with Gasteiger partial charge in [-0.3, -0.25) is 4.21 Å². The number of benzene rings is 1. The summed E-state index contributed by atoms with van der Waals surface area (Å²) in [5.41, 5.74) is 7.51. The summed E-state index contributed by atoms with van der Waals surface area (Å²) in [5.74, 6) is 0.476. The Morgan fingerprint density at radius 2 is 1.80 bits per heavy atom. The highest BCUT2D eigenvalue weighted by molar-refractivity contribution is 7.89. The molecule has 0 heterocycles. The number of anilines is 1. The van der Waals surface area contributed by atoms with E-state index in [4.69, 9.17) is 5.73 Å². The van der Waals surface area contributed by atoms with Crippen LogP contribution >= 0.6 is 0 Å². The van der Waals surface area contributed by atoms with Crippen LogP contribution in [0.15, 0.2) is 17.0 Å². The van der Waals surface area contributed by atoms with Gasteiger partial charge in [0.15, 0.2) is 0 Å². The molecule has 5 nitrogen and oxygen atoms in total. The first kappa shape index (κ1) is 17.1. The molecule has 0 saturated heterocycles. The van der Waals surface area contributed by atoms with E-state index in [2.05, 4.69) is 4.72 Å². The molecular weight excluding hydrogens is 296 g/mol. The molecular formula is C13H22N2O3S2. The van der Waals surface area contributed by atoms with Crippen LogP contribution < -0.4 is 10.5 Å². The van der Waals surface area contributed by atoms with Gasteiger partial charge in [0, 0.05) is 34.5 Å². The molecule has 0 aliphatic carbocycles. The molecule has 0 bridgehead atoms. The van der Waals surface area contributed by atoms with Gasteiger partial charge < -0.3 is 5.73 Å². The number of sulfonamides is 1. The summed E-state index contributed by atoms with van der Waals surface area (Å²) >= 11 is 0. The molecule has 0 amide bonds. The van der Waals surface area contributed by atoms with Crippen LogP contribution in [0, 0.1) is 13.8 Å². The summed E-state index contributed by atoms with van der Waals surface area (Å²) in [6, 6.07) is 3.03. The van der Waals surface area contributed by atoms with Gasteiger partial charge in [0.05, 0.1) is 4.90 Å². The minimum absolute atomic E-state index is 0.264. The molecule has 0 aromatic heterocycles. The van der Waals surface area contributed by atoms with Crippen LogP contribution in [0.4, 0.5) is 5.69 Å². The molecule has 20 heavy (non-hydrogen) atoms. The Bertz CT molecular complexity index is 589. The zero-order valence-corrected chi connectivity index (χ0v) is 13.9. The maximum Gasteiger partial charge on any atom is 0.241 e. The van der Waals surface area contributed by atoms with E-state index in [1.165, 1.54) is 0 Å². The molecule has 2 atom stereocenters. The smallest absolute Gasteiger partial charge is 0.241 e. The molecule has 0 aliphatic rings. The molecule has 2 unspecified atom stereocenters. The van der Waals surface area contributed by atoms with Crippen molar-refractivity contribution in [2.45, 2.75) is 38.1 Å². The Labute approximate surface area is 123 Å². The Balaban J connectivity index is 2.97. The molecule has 0 fully saturated rings. The SMILES string of the molecule is Cc1cc(N)cc(C)c1S(=O)(=O)NC(C)CCS(C)=O.